The van der Waals surface area contributed by atoms with E-state index < -0.39 is 0 Å². The first-order valence-corrected chi connectivity index (χ1v) is 7.00. The molecule has 0 aromatic heterocycles. The van der Waals surface area contributed by atoms with Crippen LogP contribution in [0.3, 0.4) is 0 Å². The topological polar surface area (TPSA) is 27.7 Å². The molecule has 0 atom stereocenters. The summed E-state index contributed by atoms with van der Waals surface area (Å²) in [7, 11) is 3.50. The number of rotatable bonds is 9. The molecular formula is C15H30O3. The van der Waals surface area contributed by atoms with Crippen LogP contribution < -0.4 is 0 Å². The summed E-state index contributed by atoms with van der Waals surface area (Å²) in [5.41, 5.74) is -0.0583. The van der Waals surface area contributed by atoms with Crippen molar-refractivity contribution in [3.8, 4) is 0 Å². The van der Waals surface area contributed by atoms with Crippen molar-refractivity contribution >= 4 is 0 Å². The fourth-order valence-electron chi connectivity index (χ4n) is 2.43. The van der Waals surface area contributed by atoms with Gasteiger partial charge in [-0.25, -0.2) is 0 Å². The molecule has 0 spiro atoms. The monoisotopic (exact) mass is 258 g/mol. The molecule has 1 rings (SSSR count). The summed E-state index contributed by atoms with van der Waals surface area (Å²) in [6.45, 7) is 10.9. The SMILES string of the molecule is COCC(COC)(COC(C)(C)C1CC1)C(C)C. The van der Waals surface area contributed by atoms with Crippen molar-refractivity contribution in [2.24, 2.45) is 17.3 Å². The highest BCUT2D eigenvalue weighted by molar-refractivity contribution is 4.91. The van der Waals surface area contributed by atoms with E-state index in [1.165, 1.54) is 12.8 Å². The Kier molecular flexibility index (Phi) is 5.63. The molecule has 18 heavy (non-hydrogen) atoms. The van der Waals surface area contributed by atoms with Gasteiger partial charge in [-0.2, -0.15) is 0 Å². The summed E-state index contributed by atoms with van der Waals surface area (Å²) in [4.78, 5) is 0. The molecule has 3 nitrogen and oxygen atoms in total. The maximum absolute atomic E-state index is 6.23. The number of ether oxygens (including phenoxy) is 3. The molecule has 0 aromatic carbocycles. The molecule has 0 radical (unpaired) electrons. The Morgan fingerprint density at radius 2 is 1.50 bits per heavy atom. The highest BCUT2D eigenvalue weighted by Crippen LogP contribution is 2.42. The van der Waals surface area contributed by atoms with Crippen molar-refractivity contribution in [2.75, 3.05) is 34.0 Å². The first-order chi connectivity index (χ1) is 8.38. The first-order valence-electron chi connectivity index (χ1n) is 7.00. The van der Waals surface area contributed by atoms with Crippen molar-refractivity contribution in [3.05, 3.63) is 0 Å². The summed E-state index contributed by atoms with van der Waals surface area (Å²) in [5, 5.41) is 0. The van der Waals surface area contributed by atoms with Crippen LogP contribution in [0.4, 0.5) is 0 Å². The van der Waals surface area contributed by atoms with Crippen molar-refractivity contribution in [2.45, 2.75) is 46.1 Å². The van der Waals surface area contributed by atoms with Gasteiger partial charge >= 0.3 is 0 Å². The predicted molar refractivity (Wildman–Crippen MR) is 73.8 cm³/mol. The predicted octanol–water partition coefficient (Wildman–Crippen LogP) is 3.13. The van der Waals surface area contributed by atoms with Crippen LogP contribution in [0.5, 0.6) is 0 Å². The van der Waals surface area contributed by atoms with Gasteiger partial charge in [-0.15, -0.1) is 0 Å². The van der Waals surface area contributed by atoms with Gasteiger partial charge in [-0.1, -0.05) is 13.8 Å². The third-order valence-electron chi connectivity index (χ3n) is 4.38. The number of hydrogen-bond acceptors (Lipinski definition) is 3. The van der Waals surface area contributed by atoms with Gasteiger partial charge in [0.2, 0.25) is 0 Å². The summed E-state index contributed by atoms with van der Waals surface area (Å²) < 4.78 is 17.0. The average Bonchev–Trinajstić information content (AvgIpc) is 3.10. The molecular weight excluding hydrogens is 228 g/mol. The van der Waals surface area contributed by atoms with Gasteiger partial charge in [0, 0.05) is 19.6 Å². The van der Waals surface area contributed by atoms with Crippen LogP contribution in [0.15, 0.2) is 0 Å². The summed E-state index contributed by atoms with van der Waals surface area (Å²) in [6.07, 6.45) is 2.60. The molecule has 0 aromatic rings. The van der Waals surface area contributed by atoms with Gasteiger partial charge in [-0.3, -0.25) is 0 Å². The van der Waals surface area contributed by atoms with Crippen molar-refractivity contribution in [1.29, 1.82) is 0 Å². The molecule has 0 heterocycles. The number of methoxy groups -OCH3 is 2. The zero-order valence-corrected chi connectivity index (χ0v) is 12.9. The molecule has 1 fully saturated rings. The Balaban J connectivity index is 2.64. The Morgan fingerprint density at radius 1 is 1.00 bits per heavy atom. The average molecular weight is 258 g/mol. The fraction of sp³-hybridized carbons (Fsp3) is 1.00. The van der Waals surface area contributed by atoms with E-state index in [0.717, 1.165) is 5.92 Å². The van der Waals surface area contributed by atoms with Gasteiger partial charge in [0.15, 0.2) is 0 Å². The highest BCUT2D eigenvalue weighted by atomic mass is 16.5. The third-order valence-corrected chi connectivity index (χ3v) is 4.38. The van der Waals surface area contributed by atoms with Crippen LogP contribution in [-0.2, 0) is 14.2 Å². The summed E-state index contributed by atoms with van der Waals surface area (Å²) >= 11 is 0. The Labute approximate surface area is 112 Å². The lowest BCUT2D eigenvalue weighted by Gasteiger charge is -2.39. The van der Waals surface area contributed by atoms with Gasteiger partial charge in [0.05, 0.1) is 25.4 Å². The van der Waals surface area contributed by atoms with E-state index in [1.54, 1.807) is 14.2 Å². The van der Waals surface area contributed by atoms with E-state index in [9.17, 15) is 0 Å². The van der Waals surface area contributed by atoms with Crippen LogP contribution in [0.2, 0.25) is 0 Å². The minimum Gasteiger partial charge on any atom is -0.384 e. The van der Waals surface area contributed by atoms with Gasteiger partial charge in [0.1, 0.15) is 0 Å². The van der Waals surface area contributed by atoms with Crippen molar-refractivity contribution in [3.63, 3.8) is 0 Å². The van der Waals surface area contributed by atoms with E-state index in [1.807, 2.05) is 0 Å². The lowest BCUT2D eigenvalue weighted by Crippen LogP contribution is -2.44. The second-order valence-electron chi connectivity index (χ2n) is 6.55. The lowest BCUT2D eigenvalue weighted by molar-refractivity contribution is -0.127. The van der Waals surface area contributed by atoms with Gasteiger partial charge in [-0.05, 0) is 38.5 Å². The van der Waals surface area contributed by atoms with E-state index in [0.29, 0.717) is 25.7 Å². The molecule has 0 bridgehead atoms. The normalized spacial score (nSPS) is 17.5. The van der Waals surface area contributed by atoms with Crippen molar-refractivity contribution < 1.29 is 14.2 Å². The molecule has 0 unspecified atom stereocenters. The van der Waals surface area contributed by atoms with E-state index >= 15 is 0 Å². The molecule has 0 saturated heterocycles. The molecule has 108 valence electrons. The van der Waals surface area contributed by atoms with Crippen LogP contribution in [0, 0.1) is 17.3 Å². The molecule has 1 aliphatic rings. The Morgan fingerprint density at radius 3 is 1.83 bits per heavy atom. The van der Waals surface area contributed by atoms with E-state index in [4.69, 9.17) is 14.2 Å². The molecule has 0 N–H and O–H groups in total. The zero-order valence-electron chi connectivity index (χ0n) is 12.9. The second kappa shape index (κ2) is 6.36. The third kappa shape index (κ3) is 3.94. The maximum atomic E-state index is 6.23. The van der Waals surface area contributed by atoms with E-state index in [2.05, 4.69) is 27.7 Å². The smallest absolute Gasteiger partial charge is 0.0654 e. The van der Waals surface area contributed by atoms with Crippen LogP contribution in [0.1, 0.15) is 40.5 Å². The molecule has 1 saturated carbocycles. The van der Waals surface area contributed by atoms with Crippen LogP contribution in [-0.4, -0.2) is 39.6 Å². The first kappa shape index (κ1) is 15.9. The maximum Gasteiger partial charge on any atom is 0.0654 e. The van der Waals surface area contributed by atoms with E-state index in [-0.39, 0.29) is 11.0 Å². The molecule has 1 aliphatic carbocycles. The summed E-state index contributed by atoms with van der Waals surface area (Å²) in [5.74, 6) is 1.19. The minimum absolute atomic E-state index is 0.0123. The second-order valence-corrected chi connectivity index (χ2v) is 6.55. The van der Waals surface area contributed by atoms with Gasteiger partial charge < -0.3 is 14.2 Å². The fourth-order valence-corrected chi connectivity index (χ4v) is 2.43. The standard InChI is InChI=1S/C15H30O3/c1-12(2)15(9-16-5,10-17-6)11-18-14(3,4)13-7-8-13/h12-13H,7-11H2,1-6H3. The molecule has 3 heteroatoms. The molecule has 0 aliphatic heterocycles. The quantitative estimate of drug-likeness (QED) is 0.636. The minimum atomic E-state index is -0.0460. The lowest BCUT2D eigenvalue weighted by atomic mass is 9.79. The Bertz CT molecular complexity index is 238. The largest absolute Gasteiger partial charge is 0.384 e. The Hall–Kier alpha value is -0.120. The van der Waals surface area contributed by atoms with Crippen molar-refractivity contribution in [1.82, 2.24) is 0 Å². The zero-order chi connectivity index (χ0) is 13.8. The van der Waals surface area contributed by atoms with Crippen LogP contribution >= 0.6 is 0 Å². The van der Waals surface area contributed by atoms with Crippen LogP contribution in [0.25, 0.3) is 0 Å². The summed E-state index contributed by atoms with van der Waals surface area (Å²) in [6, 6.07) is 0. The molecule has 0 amide bonds. The van der Waals surface area contributed by atoms with Gasteiger partial charge in [0.25, 0.3) is 0 Å². The number of hydrogen-bond donors (Lipinski definition) is 0. The highest BCUT2D eigenvalue weighted by Gasteiger charge is 2.42.